The minimum absolute atomic E-state index is 0.00975. The van der Waals surface area contributed by atoms with Gasteiger partial charge in [-0.05, 0) is 54.8 Å². The molecule has 0 amide bonds. The van der Waals surface area contributed by atoms with Crippen LogP contribution in [0.4, 0.5) is 0 Å². The molecule has 0 bridgehead atoms. The SMILES string of the molecule is CCCCCCOc1ccc(C2C(C#N)=C(N)Oc3cc(OC(=O)c4cccc(OCCC)c4)ccc32)cc1OC. The molecule has 0 saturated heterocycles. The Kier molecular flexibility index (Phi) is 10.1. The number of benzene rings is 3. The summed E-state index contributed by atoms with van der Waals surface area (Å²) in [5.41, 5.74) is 8.33. The van der Waals surface area contributed by atoms with Gasteiger partial charge < -0.3 is 29.4 Å². The first-order valence-electron chi connectivity index (χ1n) is 14.0. The van der Waals surface area contributed by atoms with E-state index < -0.39 is 11.9 Å². The molecular formula is C33H36N2O6. The molecule has 41 heavy (non-hydrogen) atoms. The van der Waals surface area contributed by atoms with Crippen molar-refractivity contribution in [3.63, 3.8) is 0 Å². The molecular weight excluding hydrogens is 520 g/mol. The first kappa shape index (κ1) is 29.3. The number of unbranched alkanes of at least 4 members (excludes halogenated alkanes) is 3. The summed E-state index contributed by atoms with van der Waals surface area (Å²) in [6, 6.07) is 19.7. The average Bonchev–Trinajstić information content (AvgIpc) is 2.99. The highest BCUT2D eigenvalue weighted by Gasteiger charge is 2.32. The molecule has 1 atom stereocenters. The third-order valence-electron chi connectivity index (χ3n) is 6.72. The third kappa shape index (κ3) is 7.12. The number of hydrogen-bond acceptors (Lipinski definition) is 8. The van der Waals surface area contributed by atoms with Crippen molar-refractivity contribution in [1.82, 2.24) is 0 Å². The van der Waals surface area contributed by atoms with Crippen LogP contribution in [0, 0.1) is 11.3 Å². The Morgan fingerprint density at radius 2 is 1.78 bits per heavy atom. The molecule has 1 aliphatic heterocycles. The predicted molar refractivity (Wildman–Crippen MR) is 156 cm³/mol. The van der Waals surface area contributed by atoms with Gasteiger partial charge in [-0.1, -0.05) is 51.3 Å². The van der Waals surface area contributed by atoms with Crippen molar-refractivity contribution in [1.29, 1.82) is 5.26 Å². The molecule has 3 aromatic carbocycles. The summed E-state index contributed by atoms with van der Waals surface area (Å²) in [5, 5.41) is 9.96. The van der Waals surface area contributed by atoms with Gasteiger partial charge in [-0.15, -0.1) is 0 Å². The molecule has 8 heteroatoms. The number of methoxy groups -OCH3 is 1. The Bertz CT molecular complexity index is 1440. The molecule has 0 radical (unpaired) electrons. The standard InChI is InChI=1S/C33H36N2O6/c1-4-6-7-8-17-39-28-15-12-22(19-30(28)37-3)31-26-14-13-25(20-29(26)41-32(35)27(31)21-34)40-33(36)23-10-9-11-24(18-23)38-16-5-2/h9-15,18-20,31H,4-8,16-17,35H2,1-3H3. The molecule has 1 heterocycles. The highest BCUT2D eigenvalue weighted by molar-refractivity contribution is 5.91. The maximum Gasteiger partial charge on any atom is 0.343 e. The van der Waals surface area contributed by atoms with Gasteiger partial charge in [0.1, 0.15) is 28.9 Å². The first-order chi connectivity index (χ1) is 20.0. The Balaban J connectivity index is 1.57. The topological polar surface area (TPSA) is 113 Å². The lowest BCUT2D eigenvalue weighted by Crippen LogP contribution is -2.21. The van der Waals surface area contributed by atoms with Gasteiger partial charge in [-0.25, -0.2) is 4.79 Å². The number of carbonyl (C=O) groups is 1. The summed E-state index contributed by atoms with van der Waals surface area (Å²) in [6.45, 7) is 5.34. The Hall–Kier alpha value is -4.64. The fourth-order valence-corrected chi connectivity index (χ4v) is 4.63. The highest BCUT2D eigenvalue weighted by atomic mass is 16.5. The van der Waals surface area contributed by atoms with E-state index in [9.17, 15) is 10.1 Å². The van der Waals surface area contributed by atoms with Crippen molar-refractivity contribution in [3.8, 4) is 34.8 Å². The van der Waals surface area contributed by atoms with E-state index in [1.165, 1.54) is 6.42 Å². The monoisotopic (exact) mass is 556 g/mol. The van der Waals surface area contributed by atoms with Gasteiger partial charge in [0.05, 0.1) is 31.8 Å². The smallest absolute Gasteiger partial charge is 0.343 e. The lowest BCUT2D eigenvalue weighted by molar-refractivity contribution is 0.0734. The molecule has 0 spiro atoms. The average molecular weight is 557 g/mol. The molecule has 1 aliphatic rings. The number of allylic oxidation sites excluding steroid dienone is 1. The lowest BCUT2D eigenvalue weighted by Gasteiger charge is -2.27. The van der Waals surface area contributed by atoms with Gasteiger partial charge in [0.2, 0.25) is 5.88 Å². The van der Waals surface area contributed by atoms with E-state index in [2.05, 4.69) is 13.0 Å². The van der Waals surface area contributed by atoms with E-state index in [0.717, 1.165) is 31.2 Å². The lowest BCUT2D eigenvalue weighted by atomic mass is 9.83. The number of nitriles is 1. The Morgan fingerprint density at radius 3 is 2.54 bits per heavy atom. The van der Waals surface area contributed by atoms with Crippen molar-refractivity contribution in [2.24, 2.45) is 5.73 Å². The fourth-order valence-electron chi connectivity index (χ4n) is 4.63. The summed E-state index contributed by atoms with van der Waals surface area (Å²) >= 11 is 0. The van der Waals surface area contributed by atoms with Crippen LogP contribution in [-0.2, 0) is 0 Å². The number of nitrogens with two attached hydrogens (primary N) is 1. The third-order valence-corrected chi connectivity index (χ3v) is 6.72. The number of esters is 1. The van der Waals surface area contributed by atoms with Crippen LogP contribution in [0.3, 0.4) is 0 Å². The van der Waals surface area contributed by atoms with Crippen LogP contribution in [0.1, 0.15) is 73.4 Å². The Labute approximate surface area is 241 Å². The zero-order valence-corrected chi connectivity index (χ0v) is 23.8. The molecule has 3 aromatic rings. The highest BCUT2D eigenvalue weighted by Crippen LogP contribution is 2.45. The summed E-state index contributed by atoms with van der Waals surface area (Å²) in [6.07, 6.45) is 5.28. The van der Waals surface area contributed by atoms with Crippen LogP contribution in [0.25, 0.3) is 0 Å². The van der Waals surface area contributed by atoms with E-state index in [4.69, 9.17) is 29.4 Å². The molecule has 8 nitrogen and oxygen atoms in total. The number of rotatable bonds is 13. The van der Waals surface area contributed by atoms with Gasteiger partial charge in [-0.2, -0.15) is 5.26 Å². The van der Waals surface area contributed by atoms with Gasteiger partial charge in [0.15, 0.2) is 11.5 Å². The second kappa shape index (κ2) is 14.1. The van der Waals surface area contributed by atoms with Gasteiger partial charge in [0.25, 0.3) is 0 Å². The van der Waals surface area contributed by atoms with Crippen molar-refractivity contribution in [2.45, 2.75) is 51.9 Å². The van der Waals surface area contributed by atoms with Crippen LogP contribution in [0.15, 0.2) is 72.1 Å². The fraction of sp³-hybridized carbons (Fsp3) is 0.333. The molecule has 0 aromatic heterocycles. The number of hydrogen-bond donors (Lipinski definition) is 1. The molecule has 0 fully saturated rings. The predicted octanol–water partition coefficient (Wildman–Crippen LogP) is 6.88. The van der Waals surface area contributed by atoms with Gasteiger partial charge in [0, 0.05) is 11.6 Å². The van der Waals surface area contributed by atoms with Gasteiger partial charge >= 0.3 is 5.97 Å². The number of nitrogens with zero attached hydrogens (tertiary/aromatic N) is 1. The van der Waals surface area contributed by atoms with Gasteiger partial charge in [-0.3, -0.25) is 0 Å². The van der Waals surface area contributed by atoms with Crippen molar-refractivity contribution in [2.75, 3.05) is 20.3 Å². The van der Waals surface area contributed by atoms with Crippen molar-refractivity contribution in [3.05, 3.63) is 88.8 Å². The first-order valence-corrected chi connectivity index (χ1v) is 14.0. The molecule has 0 saturated carbocycles. The van der Waals surface area contributed by atoms with E-state index >= 15 is 0 Å². The van der Waals surface area contributed by atoms with E-state index in [1.54, 1.807) is 49.6 Å². The second-order valence-corrected chi connectivity index (χ2v) is 9.71. The summed E-state index contributed by atoms with van der Waals surface area (Å²) in [5.74, 6) is 1.44. The van der Waals surface area contributed by atoms with Crippen molar-refractivity contribution < 1.29 is 28.5 Å². The number of ether oxygens (including phenoxy) is 5. The second-order valence-electron chi connectivity index (χ2n) is 9.71. The maximum absolute atomic E-state index is 12.9. The zero-order chi connectivity index (χ0) is 29.2. The minimum Gasteiger partial charge on any atom is -0.494 e. The Morgan fingerprint density at radius 1 is 0.927 bits per heavy atom. The van der Waals surface area contributed by atoms with Crippen molar-refractivity contribution >= 4 is 5.97 Å². The van der Waals surface area contributed by atoms with Crippen LogP contribution in [0.2, 0.25) is 0 Å². The van der Waals surface area contributed by atoms with Crippen LogP contribution in [0.5, 0.6) is 28.7 Å². The van der Waals surface area contributed by atoms with E-state index in [0.29, 0.717) is 47.3 Å². The molecule has 0 aliphatic carbocycles. The molecule has 4 rings (SSSR count). The summed E-state index contributed by atoms with van der Waals surface area (Å²) in [7, 11) is 1.59. The summed E-state index contributed by atoms with van der Waals surface area (Å²) < 4.78 is 28.7. The largest absolute Gasteiger partial charge is 0.494 e. The number of carbonyl (C=O) groups excluding carboxylic acids is 1. The van der Waals surface area contributed by atoms with Crippen LogP contribution < -0.4 is 29.4 Å². The normalized spacial score (nSPS) is 14.0. The summed E-state index contributed by atoms with van der Waals surface area (Å²) in [4.78, 5) is 12.9. The minimum atomic E-state index is -0.532. The molecule has 214 valence electrons. The molecule has 2 N–H and O–H groups in total. The quantitative estimate of drug-likeness (QED) is 0.138. The van der Waals surface area contributed by atoms with Crippen LogP contribution in [-0.4, -0.2) is 26.3 Å². The molecule has 1 unspecified atom stereocenters. The van der Waals surface area contributed by atoms with E-state index in [1.807, 2.05) is 25.1 Å². The zero-order valence-electron chi connectivity index (χ0n) is 23.8. The van der Waals surface area contributed by atoms with E-state index in [-0.39, 0.29) is 17.2 Å². The number of fused-ring (bicyclic) bond motifs is 1. The van der Waals surface area contributed by atoms with Crippen LogP contribution >= 0.6 is 0 Å². The maximum atomic E-state index is 12.9.